The molecular weight excluding hydrogens is 304 g/mol. The van der Waals surface area contributed by atoms with Crippen molar-refractivity contribution in [1.29, 1.82) is 0 Å². The Hall–Kier alpha value is -1.72. The van der Waals surface area contributed by atoms with Crippen LogP contribution in [0.25, 0.3) is 0 Å². The van der Waals surface area contributed by atoms with Gasteiger partial charge in [-0.25, -0.2) is 0 Å². The number of hydrogen-bond acceptors (Lipinski definition) is 4. The van der Waals surface area contributed by atoms with Gasteiger partial charge in [0.2, 0.25) is 0 Å². The van der Waals surface area contributed by atoms with E-state index in [4.69, 9.17) is 14.2 Å². The summed E-state index contributed by atoms with van der Waals surface area (Å²) in [6.07, 6.45) is -1.87. The van der Waals surface area contributed by atoms with E-state index >= 15 is 0 Å². The molecule has 2 aromatic carbocycles. The maximum absolute atomic E-state index is 10.2. The SMILES string of the molecule is CC1(C)OC(O)[C@H](OCc2ccccc2)[C@@H]1OCc1ccccc1. The fourth-order valence-corrected chi connectivity index (χ4v) is 2.98. The van der Waals surface area contributed by atoms with Crippen LogP contribution in [0, 0.1) is 0 Å². The van der Waals surface area contributed by atoms with Gasteiger partial charge in [0, 0.05) is 0 Å². The summed E-state index contributed by atoms with van der Waals surface area (Å²) in [4.78, 5) is 0. The van der Waals surface area contributed by atoms with Gasteiger partial charge in [0.1, 0.15) is 12.2 Å². The van der Waals surface area contributed by atoms with Gasteiger partial charge in [0.25, 0.3) is 0 Å². The lowest BCUT2D eigenvalue weighted by Crippen LogP contribution is -2.42. The van der Waals surface area contributed by atoms with Gasteiger partial charge in [-0.15, -0.1) is 0 Å². The molecule has 1 heterocycles. The highest BCUT2D eigenvalue weighted by Gasteiger charge is 2.50. The van der Waals surface area contributed by atoms with Crippen LogP contribution < -0.4 is 0 Å². The van der Waals surface area contributed by atoms with E-state index in [1.807, 2.05) is 74.5 Å². The quantitative estimate of drug-likeness (QED) is 0.884. The second kappa shape index (κ2) is 7.45. The third-order valence-corrected chi connectivity index (χ3v) is 4.25. The van der Waals surface area contributed by atoms with Crippen LogP contribution in [-0.2, 0) is 27.4 Å². The molecule has 4 nitrogen and oxygen atoms in total. The van der Waals surface area contributed by atoms with E-state index in [2.05, 4.69) is 0 Å². The van der Waals surface area contributed by atoms with E-state index < -0.39 is 18.0 Å². The topological polar surface area (TPSA) is 47.9 Å². The van der Waals surface area contributed by atoms with Crippen LogP contribution in [0.3, 0.4) is 0 Å². The van der Waals surface area contributed by atoms with E-state index in [-0.39, 0.29) is 6.10 Å². The van der Waals surface area contributed by atoms with E-state index in [0.29, 0.717) is 13.2 Å². The summed E-state index contributed by atoms with van der Waals surface area (Å²) in [5.41, 5.74) is 1.52. The molecule has 1 unspecified atom stereocenters. The molecular formula is C20H24O4. The third-order valence-electron chi connectivity index (χ3n) is 4.25. The van der Waals surface area contributed by atoms with Crippen LogP contribution in [0.2, 0.25) is 0 Å². The smallest absolute Gasteiger partial charge is 0.184 e. The molecule has 1 aliphatic rings. The highest BCUT2D eigenvalue weighted by Crippen LogP contribution is 2.34. The van der Waals surface area contributed by atoms with Crippen LogP contribution in [0.4, 0.5) is 0 Å². The number of aliphatic hydroxyl groups excluding tert-OH is 1. The summed E-state index contributed by atoms with van der Waals surface area (Å²) in [6.45, 7) is 4.69. The van der Waals surface area contributed by atoms with Gasteiger partial charge in [-0.1, -0.05) is 60.7 Å². The predicted molar refractivity (Wildman–Crippen MR) is 91.2 cm³/mol. The summed E-state index contributed by atoms with van der Waals surface area (Å²) in [7, 11) is 0. The van der Waals surface area contributed by atoms with Gasteiger partial charge in [-0.2, -0.15) is 0 Å². The van der Waals surface area contributed by atoms with Crippen molar-refractivity contribution >= 4 is 0 Å². The second-order valence-corrected chi connectivity index (χ2v) is 6.59. The van der Waals surface area contributed by atoms with Crippen molar-refractivity contribution in [3.05, 3.63) is 71.8 Å². The highest BCUT2D eigenvalue weighted by atomic mass is 16.7. The highest BCUT2D eigenvalue weighted by molar-refractivity contribution is 5.14. The van der Waals surface area contributed by atoms with Gasteiger partial charge in [-0.05, 0) is 25.0 Å². The van der Waals surface area contributed by atoms with E-state index in [1.165, 1.54) is 0 Å². The van der Waals surface area contributed by atoms with Crippen molar-refractivity contribution in [3.63, 3.8) is 0 Å². The lowest BCUT2D eigenvalue weighted by Gasteiger charge is -2.28. The third kappa shape index (κ3) is 4.02. The molecule has 0 saturated carbocycles. The standard InChI is InChI=1S/C20H24O4/c1-20(2)18(23-14-16-11-7-4-8-12-16)17(19(21)24-20)22-13-15-9-5-3-6-10-15/h3-12,17-19,21H,13-14H2,1-2H3/t17-,18+,19?/m1/s1. The van der Waals surface area contributed by atoms with E-state index in [9.17, 15) is 5.11 Å². The normalized spacial score (nSPS) is 25.7. The van der Waals surface area contributed by atoms with Gasteiger partial charge < -0.3 is 19.3 Å². The molecule has 3 rings (SSSR count). The molecule has 4 heteroatoms. The molecule has 24 heavy (non-hydrogen) atoms. The first-order valence-electron chi connectivity index (χ1n) is 8.23. The monoisotopic (exact) mass is 328 g/mol. The number of aliphatic hydroxyl groups is 1. The van der Waals surface area contributed by atoms with Crippen molar-refractivity contribution in [2.45, 2.75) is 51.2 Å². The molecule has 0 radical (unpaired) electrons. The Morgan fingerprint density at radius 2 is 1.38 bits per heavy atom. The molecule has 3 atom stereocenters. The minimum Gasteiger partial charge on any atom is -0.368 e. The maximum atomic E-state index is 10.2. The molecule has 2 aromatic rings. The molecule has 0 bridgehead atoms. The molecule has 1 saturated heterocycles. The Bertz CT molecular complexity index is 627. The molecule has 0 spiro atoms. The first-order valence-corrected chi connectivity index (χ1v) is 8.23. The lowest BCUT2D eigenvalue weighted by atomic mass is 9.99. The molecule has 128 valence electrons. The zero-order chi connectivity index (χ0) is 17.0. The van der Waals surface area contributed by atoms with Crippen LogP contribution in [0.1, 0.15) is 25.0 Å². The Morgan fingerprint density at radius 1 is 0.875 bits per heavy atom. The van der Waals surface area contributed by atoms with Gasteiger partial charge >= 0.3 is 0 Å². The lowest BCUT2D eigenvalue weighted by molar-refractivity contribution is -0.161. The van der Waals surface area contributed by atoms with E-state index in [0.717, 1.165) is 11.1 Å². The number of rotatable bonds is 6. The van der Waals surface area contributed by atoms with Gasteiger partial charge in [-0.3, -0.25) is 0 Å². The Morgan fingerprint density at radius 3 is 1.92 bits per heavy atom. The zero-order valence-electron chi connectivity index (χ0n) is 14.1. The van der Waals surface area contributed by atoms with Crippen molar-refractivity contribution in [2.75, 3.05) is 0 Å². The summed E-state index contributed by atoms with van der Waals surface area (Å²) >= 11 is 0. The minimum absolute atomic E-state index is 0.351. The zero-order valence-corrected chi connectivity index (χ0v) is 14.1. The fourth-order valence-electron chi connectivity index (χ4n) is 2.98. The molecule has 0 aliphatic carbocycles. The van der Waals surface area contributed by atoms with Gasteiger partial charge in [0.15, 0.2) is 6.29 Å². The van der Waals surface area contributed by atoms with Gasteiger partial charge in [0.05, 0.1) is 18.8 Å². The Kier molecular flexibility index (Phi) is 5.31. The number of benzene rings is 2. The molecule has 0 amide bonds. The first-order chi connectivity index (χ1) is 11.6. The van der Waals surface area contributed by atoms with Crippen molar-refractivity contribution in [1.82, 2.24) is 0 Å². The summed E-state index contributed by atoms with van der Waals surface area (Å²) in [5.74, 6) is 0. The average molecular weight is 328 g/mol. The van der Waals surface area contributed by atoms with Crippen LogP contribution in [-0.4, -0.2) is 29.2 Å². The number of hydrogen-bond donors (Lipinski definition) is 1. The first kappa shape index (κ1) is 17.1. The Balaban J connectivity index is 1.66. The molecule has 1 fully saturated rings. The van der Waals surface area contributed by atoms with Crippen LogP contribution in [0.15, 0.2) is 60.7 Å². The molecule has 1 N–H and O–H groups in total. The second-order valence-electron chi connectivity index (χ2n) is 6.59. The number of ether oxygens (including phenoxy) is 3. The summed E-state index contributed by atoms with van der Waals surface area (Å²) in [5, 5.41) is 10.2. The van der Waals surface area contributed by atoms with Crippen molar-refractivity contribution in [2.24, 2.45) is 0 Å². The van der Waals surface area contributed by atoms with Crippen LogP contribution in [0.5, 0.6) is 0 Å². The maximum Gasteiger partial charge on any atom is 0.184 e. The minimum atomic E-state index is -0.996. The molecule has 1 aliphatic heterocycles. The van der Waals surface area contributed by atoms with Crippen molar-refractivity contribution in [3.8, 4) is 0 Å². The van der Waals surface area contributed by atoms with Crippen molar-refractivity contribution < 1.29 is 19.3 Å². The largest absolute Gasteiger partial charge is 0.368 e. The predicted octanol–water partition coefficient (Wildman–Crippen LogP) is 3.28. The summed E-state index contributed by atoms with van der Waals surface area (Å²) < 4.78 is 17.7. The van der Waals surface area contributed by atoms with Crippen LogP contribution >= 0.6 is 0 Å². The summed E-state index contributed by atoms with van der Waals surface area (Å²) in [6, 6.07) is 19.8. The fraction of sp³-hybridized carbons (Fsp3) is 0.400. The average Bonchev–Trinajstić information content (AvgIpc) is 2.80. The molecule has 0 aromatic heterocycles. The Labute approximate surface area is 143 Å². The van der Waals surface area contributed by atoms with E-state index in [1.54, 1.807) is 0 Å².